The number of halogens is 2. The summed E-state index contributed by atoms with van der Waals surface area (Å²) in [6.45, 7) is 2.02. The Labute approximate surface area is 124 Å². The van der Waals surface area contributed by atoms with E-state index in [2.05, 4.69) is 20.9 Å². The smallest absolute Gasteiger partial charge is 0.139 e. The predicted molar refractivity (Wildman–Crippen MR) is 82.5 cm³/mol. The number of benzene rings is 1. The van der Waals surface area contributed by atoms with Crippen LogP contribution in [0.1, 0.15) is 5.56 Å². The second kappa shape index (κ2) is 4.54. The Kier molecular flexibility index (Phi) is 2.99. The molecule has 0 saturated carbocycles. The molecule has 5 heteroatoms. The predicted octanol–water partition coefficient (Wildman–Crippen LogP) is 4.31. The lowest BCUT2D eigenvalue weighted by Crippen LogP contribution is -1.94. The topological polar surface area (TPSA) is 43.3 Å². The van der Waals surface area contributed by atoms with Crippen molar-refractivity contribution in [3.8, 4) is 11.3 Å². The van der Waals surface area contributed by atoms with Crippen molar-refractivity contribution in [2.45, 2.75) is 6.92 Å². The number of anilines is 1. The Morgan fingerprint density at radius 2 is 2.05 bits per heavy atom. The van der Waals surface area contributed by atoms with E-state index in [9.17, 15) is 0 Å². The summed E-state index contributed by atoms with van der Waals surface area (Å²) >= 11 is 9.68. The first kappa shape index (κ1) is 12.5. The van der Waals surface area contributed by atoms with Crippen LogP contribution in [-0.4, -0.2) is 9.38 Å². The summed E-state index contributed by atoms with van der Waals surface area (Å²) in [7, 11) is 0. The van der Waals surface area contributed by atoms with Crippen LogP contribution in [0.4, 0.5) is 5.82 Å². The third kappa shape index (κ3) is 2.11. The Hall–Kier alpha value is -1.52. The van der Waals surface area contributed by atoms with Crippen LogP contribution in [0.5, 0.6) is 0 Å². The fourth-order valence-electron chi connectivity index (χ4n) is 2.05. The van der Waals surface area contributed by atoms with Crippen molar-refractivity contribution < 1.29 is 0 Å². The number of imidazole rings is 1. The largest absolute Gasteiger partial charge is 0.383 e. The molecule has 3 rings (SSSR count). The highest BCUT2D eigenvalue weighted by atomic mass is 79.9. The van der Waals surface area contributed by atoms with Crippen LogP contribution < -0.4 is 5.73 Å². The number of fused-ring (bicyclic) bond motifs is 1. The second-order valence-electron chi connectivity index (χ2n) is 4.40. The average Bonchev–Trinajstić information content (AvgIpc) is 2.70. The maximum Gasteiger partial charge on any atom is 0.139 e. The van der Waals surface area contributed by atoms with E-state index in [0.717, 1.165) is 21.2 Å². The molecular weight excluding hydrogens is 326 g/mol. The van der Waals surface area contributed by atoms with Gasteiger partial charge in [-0.05, 0) is 36.8 Å². The Bertz CT molecular complexity index is 780. The van der Waals surface area contributed by atoms with Gasteiger partial charge in [-0.15, -0.1) is 0 Å². The SMILES string of the molecule is Cc1ccc2nc(-c3cc(Br)ccc3Cl)c(N)n2c1. The zero-order chi connectivity index (χ0) is 13.6. The molecule has 0 spiro atoms. The number of nitrogens with two attached hydrogens (primary N) is 1. The number of rotatable bonds is 1. The Balaban J connectivity index is 2.31. The van der Waals surface area contributed by atoms with Crippen molar-refractivity contribution in [1.29, 1.82) is 0 Å². The molecule has 0 bridgehead atoms. The lowest BCUT2D eigenvalue weighted by molar-refractivity contribution is 1.16. The molecule has 0 saturated heterocycles. The molecule has 2 N–H and O–H groups in total. The van der Waals surface area contributed by atoms with Gasteiger partial charge in [-0.1, -0.05) is 33.6 Å². The van der Waals surface area contributed by atoms with Crippen molar-refractivity contribution in [3.05, 3.63) is 51.6 Å². The third-order valence-electron chi connectivity index (χ3n) is 2.99. The van der Waals surface area contributed by atoms with E-state index in [1.807, 2.05) is 47.9 Å². The number of hydrogen-bond acceptors (Lipinski definition) is 2. The molecule has 0 atom stereocenters. The number of pyridine rings is 1. The zero-order valence-electron chi connectivity index (χ0n) is 10.2. The van der Waals surface area contributed by atoms with Crippen LogP contribution in [-0.2, 0) is 0 Å². The van der Waals surface area contributed by atoms with Crippen LogP contribution in [0.2, 0.25) is 5.02 Å². The van der Waals surface area contributed by atoms with Gasteiger partial charge in [-0.25, -0.2) is 4.98 Å². The van der Waals surface area contributed by atoms with Crippen molar-refractivity contribution in [2.75, 3.05) is 5.73 Å². The Morgan fingerprint density at radius 3 is 2.84 bits per heavy atom. The molecule has 1 aromatic carbocycles. The third-order valence-corrected chi connectivity index (χ3v) is 3.81. The number of aromatic nitrogens is 2. The van der Waals surface area contributed by atoms with Gasteiger partial charge in [0, 0.05) is 16.2 Å². The van der Waals surface area contributed by atoms with Gasteiger partial charge in [0.1, 0.15) is 17.2 Å². The first-order valence-electron chi connectivity index (χ1n) is 5.76. The normalized spacial score (nSPS) is 11.1. The monoisotopic (exact) mass is 335 g/mol. The minimum Gasteiger partial charge on any atom is -0.383 e. The summed E-state index contributed by atoms with van der Waals surface area (Å²) in [4.78, 5) is 4.56. The van der Waals surface area contributed by atoms with E-state index in [-0.39, 0.29) is 0 Å². The fraction of sp³-hybridized carbons (Fsp3) is 0.0714. The van der Waals surface area contributed by atoms with Crippen LogP contribution in [0, 0.1) is 6.92 Å². The summed E-state index contributed by atoms with van der Waals surface area (Å²) in [5.41, 5.74) is 9.66. The van der Waals surface area contributed by atoms with Gasteiger partial charge in [0.15, 0.2) is 0 Å². The summed E-state index contributed by atoms with van der Waals surface area (Å²) in [5, 5.41) is 0.634. The summed E-state index contributed by atoms with van der Waals surface area (Å²) < 4.78 is 2.82. The minimum atomic E-state index is 0.596. The Morgan fingerprint density at radius 1 is 1.26 bits per heavy atom. The second-order valence-corrected chi connectivity index (χ2v) is 5.73. The molecule has 96 valence electrons. The number of hydrogen-bond donors (Lipinski definition) is 1. The van der Waals surface area contributed by atoms with Gasteiger partial charge in [-0.3, -0.25) is 4.40 Å². The molecule has 0 fully saturated rings. The van der Waals surface area contributed by atoms with E-state index in [0.29, 0.717) is 16.5 Å². The molecule has 0 unspecified atom stereocenters. The highest BCUT2D eigenvalue weighted by Gasteiger charge is 2.14. The molecule has 3 nitrogen and oxygen atoms in total. The molecule has 0 aliphatic heterocycles. The highest BCUT2D eigenvalue weighted by Crippen LogP contribution is 2.34. The van der Waals surface area contributed by atoms with Crippen molar-refractivity contribution in [1.82, 2.24) is 9.38 Å². The van der Waals surface area contributed by atoms with Gasteiger partial charge >= 0.3 is 0 Å². The number of nitrogen functional groups attached to an aromatic ring is 1. The van der Waals surface area contributed by atoms with Crippen LogP contribution in [0.25, 0.3) is 16.9 Å². The molecule has 0 aliphatic carbocycles. The van der Waals surface area contributed by atoms with E-state index < -0.39 is 0 Å². The lowest BCUT2D eigenvalue weighted by Gasteiger charge is -2.03. The number of aryl methyl sites for hydroxylation is 1. The van der Waals surface area contributed by atoms with E-state index in [4.69, 9.17) is 17.3 Å². The maximum atomic E-state index is 6.24. The molecule has 0 aliphatic rings. The minimum absolute atomic E-state index is 0.596. The lowest BCUT2D eigenvalue weighted by atomic mass is 10.1. The summed E-state index contributed by atoms with van der Waals surface area (Å²) in [6, 6.07) is 9.60. The summed E-state index contributed by atoms with van der Waals surface area (Å²) in [6.07, 6.45) is 1.97. The molecular formula is C14H11BrClN3. The first-order valence-corrected chi connectivity index (χ1v) is 6.93. The standard InChI is InChI=1S/C14H11BrClN3/c1-8-2-5-12-18-13(14(17)19(12)7-8)10-6-9(15)3-4-11(10)16/h2-7H,17H2,1H3. The van der Waals surface area contributed by atoms with E-state index >= 15 is 0 Å². The average molecular weight is 337 g/mol. The number of nitrogens with zero attached hydrogens (tertiary/aromatic N) is 2. The van der Waals surface area contributed by atoms with E-state index in [1.54, 1.807) is 0 Å². The van der Waals surface area contributed by atoms with Crippen LogP contribution >= 0.6 is 27.5 Å². The van der Waals surface area contributed by atoms with Crippen LogP contribution in [0.15, 0.2) is 41.0 Å². The zero-order valence-corrected chi connectivity index (χ0v) is 12.5. The molecule has 2 aromatic heterocycles. The first-order chi connectivity index (χ1) is 9.06. The fourth-order valence-corrected chi connectivity index (χ4v) is 2.61. The van der Waals surface area contributed by atoms with Gasteiger partial charge in [-0.2, -0.15) is 0 Å². The molecule has 2 heterocycles. The van der Waals surface area contributed by atoms with Gasteiger partial charge in [0.05, 0.1) is 5.02 Å². The molecule has 0 amide bonds. The van der Waals surface area contributed by atoms with Gasteiger partial charge in [0.25, 0.3) is 0 Å². The van der Waals surface area contributed by atoms with Gasteiger partial charge < -0.3 is 5.73 Å². The molecule has 19 heavy (non-hydrogen) atoms. The van der Waals surface area contributed by atoms with Crippen LogP contribution in [0.3, 0.4) is 0 Å². The summed E-state index contributed by atoms with van der Waals surface area (Å²) in [5.74, 6) is 0.596. The van der Waals surface area contributed by atoms with Crippen molar-refractivity contribution >= 4 is 39.0 Å². The van der Waals surface area contributed by atoms with Crippen molar-refractivity contribution in [2.24, 2.45) is 0 Å². The van der Waals surface area contributed by atoms with Crippen molar-refractivity contribution in [3.63, 3.8) is 0 Å². The van der Waals surface area contributed by atoms with Gasteiger partial charge in [0.2, 0.25) is 0 Å². The molecule has 3 aromatic rings. The maximum absolute atomic E-state index is 6.24. The highest BCUT2D eigenvalue weighted by molar-refractivity contribution is 9.10. The quantitative estimate of drug-likeness (QED) is 0.719. The van der Waals surface area contributed by atoms with E-state index in [1.165, 1.54) is 0 Å². The molecule has 0 radical (unpaired) electrons.